The van der Waals surface area contributed by atoms with Crippen molar-refractivity contribution >= 4 is 15.9 Å². The SMILES string of the molecule is COc1cncc(CC(Br)C(C)C)n1. The third-order valence-corrected chi connectivity index (χ3v) is 3.38. The number of nitrogens with zero attached hydrogens (tertiary/aromatic N) is 2. The van der Waals surface area contributed by atoms with Gasteiger partial charge in [-0.15, -0.1) is 0 Å². The molecule has 0 aliphatic heterocycles. The summed E-state index contributed by atoms with van der Waals surface area (Å²) in [5.41, 5.74) is 0.958. The van der Waals surface area contributed by atoms with Crippen LogP contribution in [0, 0.1) is 5.92 Å². The quantitative estimate of drug-likeness (QED) is 0.779. The van der Waals surface area contributed by atoms with E-state index in [-0.39, 0.29) is 0 Å². The largest absolute Gasteiger partial charge is 0.480 e. The second-order valence-electron chi connectivity index (χ2n) is 3.52. The summed E-state index contributed by atoms with van der Waals surface area (Å²) < 4.78 is 5.01. The van der Waals surface area contributed by atoms with Crippen LogP contribution in [0.3, 0.4) is 0 Å². The number of alkyl halides is 1. The Bertz CT molecular complexity index is 291. The van der Waals surface area contributed by atoms with E-state index in [4.69, 9.17) is 4.74 Å². The molecule has 0 N–H and O–H groups in total. The van der Waals surface area contributed by atoms with Crippen molar-refractivity contribution in [2.45, 2.75) is 25.1 Å². The van der Waals surface area contributed by atoms with Gasteiger partial charge in [-0.25, -0.2) is 4.98 Å². The lowest BCUT2D eigenvalue weighted by atomic mass is 10.1. The molecule has 1 rings (SSSR count). The number of methoxy groups -OCH3 is 1. The molecule has 0 fully saturated rings. The van der Waals surface area contributed by atoms with Crippen molar-refractivity contribution in [1.29, 1.82) is 0 Å². The number of ether oxygens (including phenoxy) is 1. The van der Waals surface area contributed by atoms with Gasteiger partial charge >= 0.3 is 0 Å². The highest BCUT2D eigenvalue weighted by atomic mass is 79.9. The molecule has 1 heterocycles. The second kappa shape index (κ2) is 5.29. The molecular weight excluding hydrogens is 244 g/mol. The summed E-state index contributed by atoms with van der Waals surface area (Å²) in [6, 6.07) is 0. The van der Waals surface area contributed by atoms with Crippen LogP contribution in [0.5, 0.6) is 5.88 Å². The fourth-order valence-corrected chi connectivity index (χ4v) is 1.35. The zero-order valence-corrected chi connectivity index (χ0v) is 10.3. The van der Waals surface area contributed by atoms with Gasteiger partial charge < -0.3 is 4.74 Å². The Kier molecular flexibility index (Phi) is 4.32. The first-order valence-electron chi connectivity index (χ1n) is 4.62. The lowest BCUT2D eigenvalue weighted by molar-refractivity contribution is 0.393. The maximum Gasteiger partial charge on any atom is 0.232 e. The Morgan fingerprint density at radius 3 is 2.71 bits per heavy atom. The number of halogens is 1. The van der Waals surface area contributed by atoms with Gasteiger partial charge in [0.2, 0.25) is 5.88 Å². The van der Waals surface area contributed by atoms with Gasteiger partial charge in [0.25, 0.3) is 0 Å². The van der Waals surface area contributed by atoms with E-state index >= 15 is 0 Å². The van der Waals surface area contributed by atoms with Crippen LogP contribution in [0.4, 0.5) is 0 Å². The first-order valence-corrected chi connectivity index (χ1v) is 5.54. The van der Waals surface area contributed by atoms with Gasteiger partial charge in [-0.05, 0) is 5.92 Å². The second-order valence-corrected chi connectivity index (χ2v) is 4.69. The maximum absolute atomic E-state index is 5.01. The number of rotatable bonds is 4. The van der Waals surface area contributed by atoms with Crippen molar-refractivity contribution in [1.82, 2.24) is 9.97 Å². The Labute approximate surface area is 93.0 Å². The van der Waals surface area contributed by atoms with E-state index in [0.29, 0.717) is 16.6 Å². The van der Waals surface area contributed by atoms with Crippen LogP contribution in [0.2, 0.25) is 0 Å². The van der Waals surface area contributed by atoms with Gasteiger partial charge in [0.1, 0.15) is 0 Å². The van der Waals surface area contributed by atoms with Crippen molar-refractivity contribution < 1.29 is 4.74 Å². The molecule has 1 unspecified atom stereocenters. The van der Waals surface area contributed by atoms with E-state index in [1.54, 1.807) is 19.5 Å². The number of hydrogen-bond donors (Lipinski definition) is 0. The summed E-state index contributed by atoms with van der Waals surface area (Å²) in [6.45, 7) is 4.35. The summed E-state index contributed by atoms with van der Waals surface area (Å²) in [7, 11) is 1.60. The topological polar surface area (TPSA) is 35.0 Å². The van der Waals surface area contributed by atoms with E-state index in [0.717, 1.165) is 12.1 Å². The monoisotopic (exact) mass is 258 g/mol. The van der Waals surface area contributed by atoms with Crippen molar-refractivity contribution in [3.05, 3.63) is 18.1 Å². The Balaban J connectivity index is 2.66. The molecule has 0 bridgehead atoms. The molecule has 1 aromatic heterocycles. The molecule has 14 heavy (non-hydrogen) atoms. The van der Waals surface area contributed by atoms with Crippen LogP contribution in [0.25, 0.3) is 0 Å². The van der Waals surface area contributed by atoms with Crippen molar-refractivity contribution in [2.24, 2.45) is 5.92 Å². The molecule has 0 amide bonds. The average molecular weight is 259 g/mol. The predicted octanol–water partition coefficient (Wildman–Crippen LogP) is 2.45. The minimum Gasteiger partial charge on any atom is -0.480 e. The first-order chi connectivity index (χ1) is 6.63. The zero-order valence-electron chi connectivity index (χ0n) is 8.70. The van der Waals surface area contributed by atoms with E-state index in [9.17, 15) is 0 Å². The Morgan fingerprint density at radius 2 is 2.14 bits per heavy atom. The fraction of sp³-hybridized carbons (Fsp3) is 0.600. The van der Waals surface area contributed by atoms with Crippen LogP contribution in [0.15, 0.2) is 12.4 Å². The fourth-order valence-electron chi connectivity index (χ4n) is 1.02. The molecule has 0 saturated carbocycles. The van der Waals surface area contributed by atoms with E-state index in [1.165, 1.54) is 0 Å². The van der Waals surface area contributed by atoms with Crippen molar-refractivity contribution in [3.8, 4) is 5.88 Å². The lowest BCUT2D eigenvalue weighted by Gasteiger charge is -2.12. The third-order valence-electron chi connectivity index (χ3n) is 2.00. The summed E-state index contributed by atoms with van der Waals surface area (Å²) in [5, 5.41) is 0. The third kappa shape index (κ3) is 3.25. The van der Waals surface area contributed by atoms with Crippen LogP contribution < -0.4 is 4.74 Å². The molecule has 0 spiro atoms. The molecule has 0 aromatic carbocycles. The van der Waals surface area contributed by atoms with Gasteiger partial charge in [0.05, 0.1) is 19.0 Å². The molecule has 3 nitrogen and oxygen atoms in total. The molecule has 0 radical (unpaired) electrons. The molecule has 1 aromatic rings. The average Bonchev–Trinajstić information content (AvgIpc) is 2.18. The van der Waals surface area contributed by atoms with Crippen molar-refractivity contribution in [2.75, 3.05) is 7.11 Å². The van der Waals surface area contributed by atoms with Crippen LogP contribution in [-0.2, 0) is 6.42 Å². The van der Waals surface area contributed by atoms with Crippen molar-refractivity contribution in [3.63, 3.8) is 0 Å². The van der Waals surface area contributed by atoms with Gasteiger partial charge in [0.15, 0.2) is 0 Å². The molecular formula is C10H15BrN2O. The summed E-state index contributed by atoms with van der Waals surface area (Å²) in [4.78, 5) is 8.79. The first kappa shape index (κ1) is 11.4. The molecule has 0 aliphatic rings. The van der Waals surface area contributed by atoms with Crippen LogP contribution in [-0.4, -0.2) is 21.9 Å². The summed E-state index contributed by atoms with van der Waals surface area (Å²) >= 11 is 3.62. The van der Waals surface area contributed by atoms with E-state index in [2.05, 4.69) is 39.7 Å². The summed E-state index contributed by atoms with van der Waals surface area (Å²) in [5.74, 6) is 1.16. The number of aromatic nitrogens is 2. The molecule has 0 saturated heterocycles. The molecule has 78 valence electrons. The van der Waals surface area contributed by atoms with Crippen LogP contribution >= 0.6 is 15.9 Å². The van der Waals surface area contributed by atoms with Crippen LogP contribution in [0.1, 0.15) is 19.5 Å². The normalized spacial score (nSPS) is 12.9. The smallest absolute Gasteiger partial charge is 0.232 e. The van der Waals surface area contributed by atoms with Gasteiger partial charge in [-0.1, -0.05) is 29.8 Å². The minimum absolute atomic E-state index is 0.434. The maximum atomic E-state index is 5.01. The highest BCUT2D eigenvalue weighted by Gasteiger charge is 2.11. The molecule has 1 atom stereocenters. The van der Waals surface area contributed by atoms with Gasteiger partial charge in [-0.2, -0.15) is 0 Å². The molecule has 0 aliphatic carbocycles. The van der Waals surface area contributed by atoms with Gasteiger partial charge in [0, 0.05) is 17.4 Å². The highest BCUT2D eigenvalue weighted by Crippen LogP contribution is 2.17. The summed E-state index contributed by atoms with van der Waals surface area (Å²) in [6.07, 6.45) is 4.27. The minimum atomic E-state index is 0.434. The number of hydrogen-bond acceptors (Lipinski definition) is 3. The van der Waals surface area contributed by atoms with E-state index in [1.807, 2.05) is 0 Å². The van der Waals surface area contributed by atoms with E-state index < -0.39 is 0 Å². The zero-order chi connectivity index (χ0) is 10.6. The molecule has 4 heteroatoms. The Hall–Kier alpha value is -0.640. The van der Waals surface area contributed by atoms with Gasteiger partial charge in [-0.3, -0.25) is 4.98 Å². The Morgan fingerprint density at radius 1 is 1.43 bits per heavy atom. The predicted molar refractivity (Wildman–Crippen MR) is 59.8 cm³/mol. The standard InChI is InChI=1S/C10H15BrN2O/c1-7(2)9(11)4-8-5-12-6-10(13-8)14-3/h5-7,9H,4H2,1-3H3. The lowest BCUT2D eigenvalue weighted by Crippen LogP contribution is -2.11. The highest BCUT2D eigenvalue weighted by molar-refractivity contribution is 9.09.